The van der Waals surface area contributed by atoms with Crippen molar-refractivity contribution in [3.05, 3.63) is 152 Å². The van der Waals surface area contributed by atoms with Crippen molar-refractivity contribution >= 4 is 27.4 Å². The van der Waals surface area contributed by atoms with Gasteiger partial charge in [-0.25, -0.2) is 0 Å². The van der Waals surface area contributed by atoms with E-state index in [-0.39, 0.29) is 0 Å². The minimum atomic E-state index is 0.988. The van der Waals surface area contributed by atoms with Crippen LogP contribution in [0.15, 0.2) is 146 Å². The lowest BCUT2D eigenvalue weighted by atomic mass is 9.92. The summed E-state index contributed by atoms with van der Waals surface area (Å²) in [4.78, 5) is 8.93. The summed E-state index contributed by atoms with van der Waals surface area (Å²) in [5, 5.41) is 2.45. The highest BCUT2D eigenvalue weighted by Crippen LogP contribution is 2.49. The van der Waals surface area contributed by atoms with Gasteiger partial charge in [-0.3, -0.25) is 9.97 Å². The summed E-state index contributed by atoms with van der Waals surface area (Å²) in [6.07, 6.45) is 16.3. The predicted octanol–water partition coefficient (Wildman–Crippen LogP) is 9.43. The normalized spacial score (nSPS) is 13.1. The van der Waals surface area contributed by atoms with Crippen molar-refractivity contribution < 1.29 is 0 Å². The van der Waals surface area contributed by atoms with E-state index in [4.69, 9.17) is 0 Å². The molecule has 0 saturated heterocycles. The van der Waals surface area contributed by atoms with Crippen LogP contribution in [0.25, 0.3) is 61.3 Å². The van der Waals surface area contributed by atoms with Crippen LogP contribution >= 0.6 is 0 Å². The molecule has 0 N–H and O–H groups in total. The average molecular weight is 541 g/mol. The Balaban J connectivity index is 1.64. The second kappa shape index (κ2) is 10.2. The van der Waals surface area contributed by atoms with Gasteiger partial charge < -0.3 is 9.13 Å². The molecule has 0 aliphatic heterocycles. The molecule has 200 valence electrons. The second-order valence-corrected chi connectivity index (χ2v) is 10.6. The Labute approximate surface area is 244 Å². The third-order valence-corrected chi connectivity index (χ3v) is 8.20. The summed E-state index contributed by atoms with van der Waals surface area (Å²) >= 11 is 0. The zero-order valence-electron chi connectivity index (χ0n) is 23.1. The van der Waals surface area contributed by atoms with Gasteiger partial charge in [0.15, 0.2) is 0 Å². The molecule has 0 bridgehead atoms. The van der Waals surface area contributed by atoms with Crippen LogP contribution in [0.5, 0.6) is 0 Å². The summed E-state index contributed by atoms with van der Waals surface area (Å²) in [5.74, 6) is 0. The minimum Gasteiger partial charge on any atom is -0.307 e. The van der Waals surface area contributed by atoms with Crippen molar-refractivity contribution in [3.8, 4) is 33.9 Å². The number of para-hydroxylation sites is 2. The van der Waals surface area contributed by atoms with Gasteiger partial charge in [0, 0.05) is 46.2 Å². The molecule has 0 unspecified atom stereocenters. The van der Waals surface area contributed by atoms with E-state index < -0.39 is 0 Å². The number of hydrogen-bond acceptors (Lipinski definition) is 2. The van der Waals surface area contributed by atoms with Crippen LogP contribution in [0.3, 0.4) is 0 Å². The summed E-state index contributed by atoms with van der Waals surface area (Å²) in [6.45, 7) is 0. The van der Waals surface area contributed by atoms with Gasteiger partial charge in [-0.05, 0) is 60.4 Å². The Morgan fingerprint density at radius 3 is 1.90 bits per heavy atom. The quantitative estimate of drug-likeness (QED) is 0.218. The predicted molar refractivity (Wildman–Crippen MR) is 173 cm³/mol. The molecule has 4 heterocycles. The first-order chi connectivity index (χ1) is 20.9. The molecule has 4 heteroatoms. The number of pyridine rings is 2. The van der Waals surface area contributed by atoms with E-state index in [1.807, 2.05) is 30.9 Å². The molecule has 0 amide bonds. The highest BCUT2D eigenvalue weighted by Gasteiger charge is 2.29. The number of allylic oxidation sites excluding steroid dienone is 4. The van der Waals surface area contributed by atoms with Crippen molar-refractivity contribution in [2.45, 2.75) is 12.8 Å². The monoisotopic (exact) mass is 540 g/mol. The Hall–Kier alpha value is -5.48. The van der Waals surface area contributed by atoms with Crippen molar-refractivity contribution in [2.24, 2.45) is 0 Å². The molecule has 0 fully saturated rings. The van der Waals surface area contributed by atoms with Crippen LogP contribution in [0, 0.1) is 0 Å². The highest BCUT2D eigenvalue weighted by molar-refractivity contribution is 6.10. The van der Waals surface area contributed by atoms with Crippen LogP contribution in [-0.4, -0.2) is 19.1 Å². The average Bonchev–Trinajstić information content (AvgIpc) is 3.59. The molecule has 0 atom stereocenters. The van der Waals surface area contributed by atoms with Gasteiger partial charge in [0.1, 0.15) is 0 Å². The zero-order chi connectivity index (χ0) is 27.9. The molecule has 8 rings (SSSR count). The lowest BCUT2D eigenvalue weighted by Crippen LogP contribution is -2.05. The first-order valence-electron chi connectivity index (χ1n) is 14.4. The fourth-order valence-electron chi connectivity index (χ4n) is 6.48. The third-order valence-electron chi connectivity index (χ3n) is 8.20. The number of rotatable bonds is 5. The molecule has 0 radical (unpaired) electrons. The summed E-state index contributed by atoms with van der Waals surface area (Å²) in [7, 11) is 0. The topological polar surface area (TPSA) is 35.6 Å². The van der Waals surface area contributed by atoms with E-state index in [0.717, 1.165) is 35.4 Å². The van der Waals surface area contributed by atoms with Crippen molar-refractivity contribution in [2.75, 3.05) is 0 Å². The van der Waals surface area contributed by atoms with Gasteiger partial charge in [0.2, 0.25) is 0 Å². The molecule has 7 aromatic rings. The first-order valence-corrected chi connectivity index (χ1v) is 14.4. The molecule has 1 aliphatic carbocycles. The van der Waals surface area contributed by atoms with Crippen LogP contribution in [0.1, 0.15) is 18.4 Å². The van der Waals surface area contributed by atoms with Crippen molar-refractivity contribution in [1.82, 2.24) is 19.1 Å². The van der Waals surface area contributed by atoms with Crippen LogP contribution < -0.4 is 0 Å². The molecular formula is C38H28N4. The largest absolute Gasteiger partial charge is 0.307 e. The smallest absolute Gasteiger partial charge is 0.0795 e. The molecule has 3 aromatic carbocycles. The number of benzene rings is 3. The fraction of sp³-hybridized carbons (Fsp3) is 0.0526. The Bertz CT molecular complexity index is 2040. The summed E-state index contributed by atoms with van der Waals surface area (Å²) in [6, 6.07) is 36.7. The van der Waals surface area contributed by atoms with Gasteiger partial charge in [0.05, 0.1) is 34.3 Å². The summed E-state index contributed by atoms with van der Waals surface area (Å²) in [5.41, 5.74) is 11.8. The third kappa shape index (κ3) is 3.84. The van der Waals surface area contributed by atoms with E-state index in [1.54, 1.807) is 0 Å². The molecule has 0 saturated carbocycles. The standard InChI is InChI=1S/C38H28N4/c1-3-12-27(13-4-1)35-31-17-7-9-19-33(31)41(29-21-24-39-25-22-29)37(35)38-36(28-14-5-2-6-15-28)32-18-8-10-20-34(32)42(38)30-16-11-23-40-26-30/h1-3,5-12,14-26H,4,13H2. The molecule has 4 aromatic heterocycles. The Morgan fingerprint density at radius 2 is 1.21 bits per heavy atom. The van der Waals surface area contributed by atoms with Gasteiger partial charge in [-0.1, -0.05) is 85.0 Å². The SMILES string of the molecule is C1=CCCC(c2c(-c3c(-c4ccccc4)c4ccccc4n3-c3cccnc3)n(-c3ccncc3)c3ccccc23)=C1. The van der Waals surface area contributed by atoms with Gasteiger partial charge in [0.25, 0.3) is 0 Å². The number of nitrogens with zero attached hydrogens (tertiary/aromatic N) is 4. The number of fused-ring (bicyclic) bond motifs is 2. The molecule has 1 aliphatic rings. The molecular weight excluding hydrogens is 512 g/mol. The van der Waals surface area contributed by atoms with Crippen LogP contribution in [-0.2, 0) is 0 Å². The van der Waals surface area contributed by atoms with E-state index >= 15 is 0 Å². The lowest BCUT2D eigenvalue weighted by molar-refractivity contribution is 1.04. The first kappa shape index (κ1) is 24.3. The fourth-order valence-corrected chi connectivity index (χ4v) is 6.48. The molecule has 0 spiro atoms. The number of aromatic nitrogens is 4. The minimum absolute atomic E-state index is 0.988. The van der Waals surface area contributed by atoms with Gasteiger partial charge in [-0.15, -0.1) is 0 Å². The van der Waals surface area contributed by atoms with E-state index in [2.05, 4.69) is 134 Å². The van der Waals surface area contributed by atoms with Crippen LogP contribution in [0.2, 0.25) is 0 Å². The molecule has 42 heavy (non-hydrogen) atoms. The Kier molecular flexibility index (Phi) is 5.89. The van der Waals surface area contributed by atoms with E-state index in [1.165, 1.54) is 44.2 Å². The van der Waals surface area contributed by atoms with Crippen LogP contribution in [0.4, 0.5) is 0 Å². The maximum atomic E-state index is 4.56. The highest BCUT2D eigenvalue weighted by atomic mass is 15.1. The van der Waals surface area contributed by atoms with Crippen molar-refractivity contribution in [3.63, 3.8) is 0 Å². The summed E-state index contributed by atoms with van der Waals surface area (Å²) < 4.78 is 4.83. The van der Waals surface area contributed by atoms with Crippen molar-refractivity contribution in [1.29, 1.82) is 0 Å². The second-order valence-electron chi connectivity index (χ2n) is 10.6. The number of hydrogen-bond donors (Lipinski definition) is 0. The van der Waals surface area contributed by atoms with Gasteiger partial charge in [-0.2, -0.15) is 0 Å². The zero-order valence-corrected chi connectivity index (χ0v) is 23.1. The maximum absolute atomic E-state index is 4.56. The lowest BCUT2D eigenvalue weighted by Gasteiger charge is -2.19. The maximum Gasteiger partial charge on any atom is 0.0795 e. The van der Waals surface area contributed by atoms with Gasteiger partial charge >= 0.3 is 0 Å². The Morgan fingerprint density at radius 1 is 0.548 bits per heavy atom. The van der Waals surface area contributed by atoms with E-state index in [9.17, 15) is 0 Å². The van der Waals surface area contributed by atoms with E-state index in [0.29, 0.717) is 0 Å². The molecule has 4 nitrogen and oxygen atoms in total.